The van der Waals surface area contributed by atoms with Gasteiger partial charge in [0.15, 0.2) is 0 Å². The molecule has 8 aromatic rings. The summed E-state index contributed by atoms with van der Waals surface area (Å²) in [4.78, 5) is 0. The number of anilines is 4. The molecule has 0 saturated heterocycles. The molecule has 9 rings (SSSR count). The van der Waals surface area contributed by atoms with E-state index < -0.39 is 0 Å². The van der Waals surface area contributed by atoms with Crippen molar-refractivity contribution >= 4 is 60.5 Å². The van der Waals surface area contributed by atoms with Gasteiger partial charge in [-0.15, -0.1) is 0 Å². The molecule has 1 unspecified atom stereocenters. The molecule has 7 aromatic carbocycles. The monoisotopic (exact) mass is 682 g/mol. The topological polar surface area (TPSA) is 41.0 Å². The Balaban J connectivity index is 1.21. The van der Waals surface area contributed by atoms with Crippen LogP contribution in [0, 0.1) is 0 Å². The van der Waals surface area contributed by atoms with Crippen LogP contribution in [-0.2, 0) is 0 Å². The van der Waals surface area contributed by atoms with Crippen molar-refractivity contribution in [1.29, 1.82) is 0 Å². The molecule has 3 N–H and O–H groups in total. The van der Waals surface area contributed by atoms with Crippen LogP contribution in [0.5, 0.6) is 0 Å². The zero-order valence-electron chi connectivity index (χ0n) is 26.0. The summed E-state index contributed by atoms with van der Waals surface area (Å²) >= 11 is 3.60. The third-order valence-electron chi connectivity index (χ3n) is 9.26. The number of halogens is 1. The highest BCUT2D eigenvalue weighted by molar-refractivity contribution is 9.10. The first-order valence-corrected chi connectivity index (χ1v) is 17.0. The van der Waals surface area contributed by atoms with Gasteiger partial charge in [0.05, 0.1) is 22.4 Å². The average Bonchev–Trinajstić information content (AvgIpc) is 3.47. The van der Waals surface area contributed by atoms with Gasteiger partial charge in [0.25, 0.3) is 0 Å². The summed E-state index contributed by atoms with van der Waals surface area (Å²) in [6.45, 7) is 0. The number of hydrogen-bond donors (Lipinski definition) is 3. The van der Waals surface area contributed by atoms with E-state index in [0.717, 1.165) is 55.2 Å². The summed E-state index contributed by atoms with van der Waals surface area (Å²) in [5.74, 6) is 0. The molecule has 0 amide bonds. The van der Waals surface area contributed by atoms with Gasteiger partial charge in [0.1, 0.15) is 6.17 Å². The standard InChI is InChI=1S/C43H31BrN4/c44-31-22-18-28(19-23-31)43-46-37-14-6-4-12-33(37)35-26-29(20-24-38(35)45-39-15-7-8-16-40(39)47-43)30-21-25-42-36(27-30)34-13-5-9-17-41(34)48(42)32-10-2-1-3-11-32/h1-27,43,45-47H. The zero-order chi connectivity index (χ0) is 32.0. The Bertz CT molecular complexity index is 2450. The van der Waals surface area contributed by atoms with Gasteiger partial charge in [-0.3, -0.25) is 0 Å². The number of nitrogens with zero attached hydrogens (tertiary/aromatic N) is 1. The van der Waals surface area contributed by atoms with E-state index in [1.807, 2.05) is 0 Å². The Labute approximate surface area is 287 Å². The molecule has 1 atom stereocenters. The maximum atomic E-state index is 3.85. The first kappa shape index (κ1) is 28.4. The largest absolute Gasteiger partial charge is 0.361 e. The van der Waals surface area contributed by atoms with Crippen molar-refractivity contribution in [3.8, 4) is 27.9 Å². The van der Waals surface area contributed by atoms with Crippen molar-refractivity contribution in [3.05, 3.63) is 174 Å². The Morgan fingerprint density at radius 2 is 1.10 bits per heavy atom. The lowest BCUT2D eigenvalue weighted by molar-refractivity contribution is 0.902. The molecule has 0 saturated carbocycles. The Hall–Kier alpha value is -5.78. The van der Waals surface area contributed by atoms with E-state index in [9.17, 15) is 0 Å². The van der Waals surface area contributed by atoms with Gasteiger partial charge in [-0.05, 0) is 89.5 Å². The number of benzene rings is 7. The lowest BCUT2D eigenvalue weighted by Gasteiger charge is -2.28. The minimum absolute atomic E-state index is 0.156. The van der Waals surface area contributed by atoms with Gasteiger partial charge >= 0.3 is 0 Å². The summed E-state index contributed by atoms with van der Waals surface area (Å²) < 4.78 is 3.42. The van der Waals surface area contributed by atoms with Crippen molar-refractivity contribution in [1.82, 2.24) is 4.57 Å². The van der Waals surface area contributed by atoms with Crippen LogP contribution >= 0.6 is 15.9 Å². The molecule has 0 radical (unpaired) electrons. The Morgan fingerprint density at radius 1 is 0.458 bits per heavy atom. The molecule has 1 aromatic heterocycles. The number of nitrogens with one attached hydrogen (secondary N) is 3. The molecule has 0 fully saturated rings. The highest BCUT2D eigenvalue weighted by Crippen LogP contribution is 2.43. The van der Waals surface area contributed by atoms with Gasteiger partial charge in [-0.1, -0.05) is 107 Å². The molecule has 230 valence electrons. The summed E-state index contributed by atoms with van der Waals surface area (Å²) in [7, 11) is 0. The van der Waals surface area contributed by atoms with Crippen molar-refractivity contribution in [2.75, 3.05) is 16.0 Å². The predicted octanol–water partition coefficient (Wildman–Crippen LogP) is 12.2. The molecule has 1 aliphatic heterocycles. The van der Waals surface area contributed by atoms with Gasteiger partial charge < -0.3 is 20.5 Å². The molecule has 5 heteroatoms. The predicted molar refractivity (Wildman–Crippen MR) is 206 cm³/mol. The van der Waals surface area contributed by atoms with Gasteiger partial charge in [0, 0.05) is 43.4 Å². The molecular weight excluding hydrogens is 652 g/mol. The van der Waals surface area contributed by atoms with E-state index in [4.69, 9.17) is 0 Å². The Morgan fingerprint density at radius 3 is 1.96 bits per heavy atom. The van der Waals surface area contributed by atoms with Crippen LogP contribution in [0.2, 0.25) is 0 Å². The summed E-state index contributed by atoms with van der Waals surface area (Å²) in [5.41, 5.74) is 13.5. The van der Waals surface area contributed by atoms with Crippen LogP contribution in [0.3, 0.4) is 0 Å². The van der Waals surface area contributed by atoms with E-state index in [2.05, 4.69) is 200 Å². The second kappa shape index (κ2) is 11.8. The third kappa shape index (κ3) is 5.00. The fourth-order valence-electron chi connectivity index (χ4n) is 6.94. The molecule has 4 nitrogen and oxygen atoms in total. The quantitative estimate of drug-likeness (QED) is 0.174. The number of rotatable bonds is 3. The van der Waals surface area contributed by atoms with Crippen LogP contribution < -0.4 is 16.0 Å². The van der Waals surface area contributed by atoms with Crippen LogP contribution in [0.1, 0.15) is 11.7 Å². The van der Waals surface area contributed by atoms with Crippen molar-refractivity contribution < 1.29 is 0 Å². The van der Waals surface area contributed by atoms with Crippen LogP contribution in [-0.4, -0.2) is 4.57 Å². The second-order valence-corrected chi connectivity index (χ2v) is 13.1. The molecule has 48 heavy (non-hydrogen) atoms. The van der Waals surface area contributed by atoms with Crippen molar-refractivity contribution in [2.24, 2.45) is 0 Å². The summed E-state index contributed by atoms with van der Waals surface area (Å²) in [5, 5.41) is 13.9. The SMILES string of the molecule is Brc1ccc(C2Nc3ccccc3Nc3ccc(-c4ccc5c(c4)c4ccccc4n5-c4ccccc4)cc3-c3ccccc3N2)cc1. The molecule has 0 aliphatic carbocycles. The maximum absolute atomic E-state index is 3.85. The Kier molecular flexibility index (Phi) is 6.98. The van der Waals surface area contributed by atoms with Crippen LogP contribution in [0.25, 0.3) is 49.7 Å². The lowest BCUT2D eigenvalue weighted by atomic mass is 9.95. The molecule has 0 spiro atoms. The van der Waals surface area contributed by atoms with Crippen molar-refractivity contribution in [3.63, 3.8) is 0 Å². The average molecular weight is 684 g/mol. The zero-order valence-corrected chi connectivity index (χ0v) is 27.6. The molecule has 0 bridgehead atoms. The highest BCUT2D eigenvalue weighted by Gasteiger charge is 2.20. The van der Waals surface area contributed by atoms with Crippen molar-refractivity contribution in [2.45, 2.75) is 6.17 Å². The highest BCUT2D eigenvalue weighted by atomic mass is 79.9. The van der Waals surface area contributed by atoms with E-state index in [1.165, 1.54) is 27.4 Å². The fraction of sp³-hybridized carbons (Fsp3) is 0.0233. The molecular formula is C43H31BrN4. The smallest absolute Gasteiger partial charge is 0.123 e. The van der Waals surface area contributed by atoms with Gasteiger partial charge in [-0.2, -0.15) is 0 Å². The normalized spacial score (nSPS) is 13.8. The minimum Gasteiger partial charge on any atom is -0.361 e. The van der Waals surface area contributed by atoms with Crippen LogP contribution in [0.4, 0.5) is 22.7 Å². The fourth-order valence-corrected chi connectivity index (χ4v) is 7.20. The first-order chi connectivity index (χ1) is 23.7. The van der Waals surface area contributed by atoms with Crippen LogP contribution in [0.15, 0.2) is 168 Å². The second-order valence-electron chi connectivity index (χ2n) is 12.2. The minimum atomic E-state index is -0.156. The summed E-state index contributed by atoms with van der Waals surface area (Å²) in [6.07, 6.45) is -0.156. The van der Waals surface area contributed by atoms with E-state index in [-0.39, 0.29) is 6.17 Å². The summed E-state index contributed by atoms with van der Waals surface area (Å²) in [6, 6.07) is 58.4. The third-order valence-corrected chi connectivity index (χ3v) is 9.79. The van der Waals surface area contributed by atoms with E-state index in [1.54, 1.807) is 0 Å². The molecule has 2 heterocycles. The number of para-hydroxylation sites is 5. The first-order valence-electron chi connectivity index (χ1n) is 16.2. The lowest BCUT2D eigenvalue weighted by Crippen LogP contribution is -2.21. The van der Waals surface area contributed by atoms with Gasteiger partial charge in [0.2, 0.25) is 0 Å². The number of fused-ring (bicyclic) bond motifs is 7. The maximum Gasteiger partial charge on any atom is 0.123 e. The van der Waals surface area contributed by atoms with E-state index in [0.29, 0.717) is 0 Å². The van der Waals surface area contributed by atoms with Gasteiger partial charge in [-0.25, -0.2) is 0 Å². The number of aromatic nitrogens is 1. The number of hydrogen-bond acceptors (Lipinski definition) is 3. The molecule has 1 aliphatic rings. The van der Waals surface area contributed by atoms with E-state index >= 15 is 0 Å².